The maximum Gasteiger partial charge on any atom is 0.203 e. The SMILES string of the molecule is CN=C(NCCCn1nc(C)cc1C)NCc1cc(OC)c(OC)c(OC)c1.I. The van der Waals surface area contributed by atoms with Gasteiger partial charge in [0.05, 0.1) is 27.0 Å². The van der Waals surface area contributed by atoms with Gasteiger partial charge in [0.25, 0.3) is 0 Å². The summed E-state index contributed by atoms with van der Waals surface area (Å²) in [5, 5.41) is 11.1. The summed E-state index contributed by atoms with van der Waals surface area (Å²) in [6.07, 6.45) is 0.951. The molecule has 0 atom stereocenters. The van der Waals surface area contributed by atoms with Crippen LogP contribution < -0.4 is 24.8 Å². The number of rotatable bonds is 9. The number of aliphatic imine (C=N–C) groups is 1. The van der Waals surface area contributed by atoms with Gasteiger partial charge in [-0.05, 0) is 44.0 Å². The molecule has 1 heterocycles. The zero-order valence-corrected chi connectivity index (χ0v) is 20.4. The lowest BCUT2D eigenvalue weighted by molar-refractivity contribution is 0.323. The van der Waals surface area contributed by atoms with Crippen LogP contribution in [0.25, 0.3) is 0 Å². The number of halogens is 1. The smallest absolute Gasteiger partial charge is 0.203 e. The summed E-state index contributed by atoms with van der Waals surface area (Å²) in [6, 6.07) is 5.93. The normalized spacial score (nSPS) is 10.9. The van der Waals surface area contributed by atoms with Crippen molar-refractivity contribution >= 4 is 29.9 Å². The molecular formula is C20H32IN5O3. The van der Waals surface area contributed by atoms with E-state index in [4.69, 9.17) is 14.2 Å². The van der Waals surface area contributed by atoms with E-state index in [1.54, 1.807) is 28.4 Å². The zero-order chi connectivity index (χ0) is 20.5. The number of hydrogen-bond acceptors (Lipinski definition) is 5. The fourth-order valence-electron chi connectivity index (χ4n) is 2.98. The molecule has 1 aromatic heterocycles. The van der Waals surface area contributed by atoms with E-state index in [0.29, 0.717) is 23.8 Å². The summed E-state index contributed by atoms with van der Waals surface area (Å²) >= 11 is 0. The molecule has 2 N–H and O–H groups in total. The van der Waals surface area contributed by atoms with Gasteiger partial charge in [-0.2, -0.15) is 5.10 Å². The topological polar surface area (TPSA) is 81.9 Å². The highest BCUT2D eigenvalue weighted by molar-refractivity contribution is 14.0. The first-order chi connectivity index (χ1) is 13.5. The molecule has 0 bridgehead atoms. The molecule has 0 radical (unpaired) electrons. The van der Waals surface area contributed by atoms with Crippen LogP contribution in [0.15, 0.2) is 23.2 Å². The number of aryl methyl sites for hydroxylation is 3. The molecule has 29 heavy (non-hydrogen) atoms. The molecule has 0 unspecified atom stereocenters. The van der Waals surface area contributed by atoms with Crippen LogP contribution >= 0.6 is 24.0 Å². The van der Waals surface area contributed by atoms with Crippen molar-refractivity contribution < 1.29 is 14.2 Å². The molecular weight excluding hydrogens is 485 g/mol. The summed E-state index contributed by atoms with van der Waals surface area (Å²) in [7, 11) is 6.57. The lowest BCUT2D eigenvalue weighted by atomic mass is 10.2. The average Bonchev–Trinajstić information content (AvgIpc) is 3.03. The van der Waals surface area contributed by atoms with Gasteiger partial charge in [0.15, 0.2) is 17.5 Å². The molecule has 0 fully saturated rings. The lowest BCUT2D eigenvalue weighted by Gasteiger charge is -2.16. The third-order valence-corrected chi connectivity index (χ3v) is 4.35. The van der Waals surface area contributed by atoms with Crippen molar-refractivity contribution in [2.75, 3.05) is 34.9 Å². The van der Waals surface area contributed by atoms with E-state index in [1.165, 1.54) is 5.69 Å². The summed E-state index contributed by atoms with van der Waals surface area (Å²) in [5.41, 5.74) is 3.23. The van der Waals surface area contributed by atoms with Crippen molar-refractivity contribution in [3.05, 3.63) is 35.2 Å². The first kappa shape index (κ1) is 24.9. The van der Waals surface area contributed by atoms with Crippen molar-refractivity contribution in [2.45, 2.75) is 33.4 Å². The number of hydrogen-bond donors (Lipinski definition) is 2. The Morgan fingerprint density at radius 1 is 1.03 bits per heavy atom. The number of ether oxygens (including phenoxy) is 3. The van der Waals surface area contributed by atoms with E-state index in [-0.39, 0.29) is 24.0 Å². The number of benzene rings is 1. The average molecular weight is 517 g/mol. The molecule has 1 aromatic carbocycles. The van der Waals surface area contributed by atoms with Gasteiger partial charge < -0.3 is 24.8 Å². The van der Waals surface area contributed by atoms with Crippen LogP contribution in [0.5, 0.6) is 17.2 Å². The van der Waals surface area contributed by atoms with Crippen molar-refractivity contribution in [3.63, 3.8) is 0 Å². The minimum absolute atomic E-state index is 0. The van der Waals surface area contributed by atoms with E-state index in [1.807, 2.05) is 23.7 Å². The molecule has 0 saturated heterocycles. The molecule has 2 aromatic rings. The van der Waals surface area contributed by atoms with Gasteiger partial charge in [0.2, 0.25) is 5.75 Å². The Morgan fingerprint density at radius 2 is 1.69 bits per heavy atom. The molecule has 0 spiro atoms. The molecule has 0 saturated carbocycles. The fraction of sp³-hybridized carbons (Fsp3) is 0.500. The van der Waals surface area contributed by atoms with E-state index in [9.17, 15) is 0 Å². The molecule has 2 rings (SSSR count). The molecule has 9 heteroatoms. The van der Waals surface area contributed by atoms with Crippen molar-refractivity contribution in [3.8, 4) is 17.2 Å². The van der Waals surface area contributed by atoms with Crippen molar-refractivity contribution in [1.29, 1.82) is 0 Å². The number of nitrogens with one attached hydrogen (secondary N) is 2. The fourth-order valence-corrected chi connectivity index (χ4v) is 2.98. The molecule has 0 aliphatic heterocycles. The summed E-state index contributed by atoms with van der Waals surface area (Å²) in [4.78, 5) is 4.27. The van der Waals surface area contributed by atoms with E-state index in [0.717, 1.165) is 36.7 Å². The van der Waals surface area contributed by atoms with E-state index >= 15 is 0 Å². The Morgan fingerprint density at radius 3 is 2.17 bits per heavy atom. The third-order valence-electron chi connectivity index (χ3n) is 4.35. The third kappa shape index (κ3) is 6.98. The van der Waals surface area contributed by atoms with Crippen LogP contribution in [0.1, 0.15) is 23.4 Å². The van der Waals surface area contributed by atoms with Gasteiger partial charge in [-0.15, -0.1) is 24.0 Å². The van der Waals surface area contributed by atoms with Crippen LogP contribution in [0.3, 0.4) is 0 Å². The van der Waals surface area contributed by atoms with Crippen LogP contribution in [0.4, 0.5) is 0 Å². The highest BCUT2D eigenvalue weighted by Gasteiger charge is 2.13. The number of aromatic nitrogens is 2. The highest BCUT2D eigenvalue weighted by atomic mass is 127. The second kappa shape index (κ2) is 12.4. The second-order valence-electron chi connectivity index (χ2n) is 6.39. The van der Waals surface area contributed by atoms with Gasteiger partial charge in [0, 0.05) is 32.4 Å². The number of nitrogens with zero attached hydrogens (tertiary/aromatic N) is 3. The molecule has 162 valence electrons. The van der Waals surface area contributed by atoms with Gasteiger partial charge in [-0.3, -0.25) is 9.67 Å². The minimum atomic E-state index is 0. The van der Waals surface area contributed by atoms with E-state index in [2.05, 4.69) is 33.7 Å². The highest BCUT2D eigenvalue weighted by Crippen LogP contribution is 2.38. The molecule has 0 aliphatic carbocycles. The Balaban J connectivity index is 0.00000420. The summed E-state index contributed by atoms with van der Waals surface area (Å²) in [5.74, 6) is 2.58. The first-order valence-corrected chi connectivity index (χ1v) is 9.26. The Labute approximate surface area is 190 Å². The number of methoxy groups -OCH3 is 3. The van der Waals surface area contributed by atoms with Crippen LogP contribution in [-0.2, 0) is 13.1 Å². The van der Waals surface area contributed by atoms with Gasteiger partial charge in [-0.1, -0.05) is 0 Å². The van der Waals surface area contributed by atoms with Gasteiger partial charge in [-0.25, -0.2) is 0 Å². The minimum Gasteiger partial charge on any atom is -0.493 e. The van der Waals surface area contributed by atoms with Gasteiger partial charge >= 0.3 is 0 Å². The lowest BCUT2D eigenvalue weighted by Crippen LogP contribution is -2.37. The van der Waals surface area contributed by atoms with Crippen LogP contribution in [0, 0.1) is 13.8 Å². The largest absolute Gasteiger partial charge is 0.493 e. The Hall–Kier alpha value is -2.17. The first-order valence-electron chi connectivity index (χ1n) is 9.26. The molecule has 0 amide bonds. The Bertz CT molecular complexity index is 782. The second-order valence-corrected chi connectivity index (χ2v) is 6.39. The van der Waals surface area contributed by atoms with Crippen LogP contribution in [0.2, 0.25) is 0 Å². The van der Waals surface area contributed by atoms with Crippen molar-refractivity contribution in [1.82, 2.24) is 20.4 Å². The summed E-state index contributed by atoms with van der Waals surface area (Å²) in [6.45, 7) is 6.33. The van der Waals surface area contributed by atoms with Crippen LogP contribution in [-0.4, -0.2) is 50.7 Å². The predicted octanol–water partition coefficient (Wildman–Crippen LogP) is 2.90. The Kier molecular flexibility index (Phi) is 10.6. The summed E-state index contributed by atoms with van der Waals surface area (Å²) < 4.78 is 18.2. The quantitative estimate of drug-likeness (QED) is 0.231. The van der Waals surface area contributed by atoms with Gasteiger partial charge in [0.1, 0.15) is 0 Å². The zero-order valence-electron chi connectivity index (χ0n) is 18.0. The standard InChI is InChI=1S/C20H31N5O3.HI/c1-14-10-15(2)25(24-14)9-7-8-22-20(21-3)23-13-16-11-17(26-4)19(28-6)18(12-16)27-5;/h10-12H,7-9,13H2,1-6H3,(H2,21,22,23);1H. The monoisotopic (exact) mass is 517 g/mol. The maximum atomic E-state index is 5.40. The number of guanidine groups is 1. The van der Waals surface area contributed by atoms with Crippen molar-refractivity contribution in [2.24, 2.45) is 4.99 Å². The predicted molar refractivity (Wildman–Crippen MR) is 126 cm³/mol. The maximum absolute atomic E-state index is 5.40. The molecule has 8 nitrogen and oxygen atoms in total. The molecule has 0 aliphatic rings. The van der Waals surface area contributed by atoms with E-state index < -0.39 is 0 Å².